The topological polar surface area (TPSA) is 28.2 Å². The number of hydrogen-bond donors (Lipinski definition) is 1. The fourth-order valence-corrected chi connectivity index (χ4v) is 2.84. The van der Waals surface area contributed by atoms with Crippen LogP contribution in [-0.2, 0) is 6.54 Å². The molecule has 0 radical (unpaired) electrons. The van der Waals surface area contributed by atoms with E-state index in [2.05, 4.69) is 34.4 Å². The van der Waals surface area contributed by atoms with Crippen molar-refractivity contribution in [1.29, 1.82) is 0 Å². The molecular weight excluding hydrogens is 234 g/mol. The van der Waals surface area contributed by atoms with Crippen LogP contribution in [0.1, 0.15) is 44.1 Å². The summed E-state index contributed by atoms with van der Waals surface area (Å²) in [6, 6.07) is 4.98. The maximum Gasteiger partial charge on any atom is 0.0271 e. The summed E-state index contributed by atoms with van der Waals surface area (Å²) in [6.45, 7) is 3.33. The van der Waals surface area contributed by atoms with Crippen molar-refractivity contribution in [2.75, 3.05) is 20.1 Å². The van der Waals surface area contributed by atoms with Crippen LogP contribution in [0.2, 0.25) is 0 Å². The molecule has 0 unspecified atom stereocenters. The molecular formula is C16H27N3. The summed E-state index contributed by atoms with van der Waals surface area (Å²) in [5, 5.41) is 3.70. The number of pyridine rings is 1. The van der Waals surface area contributed by atoms with E-state index in [1.807, 2.05) is 12.4 Å². The molecule has 19 heavy (non-hydrogen) atoms. The molecule has 1 aliphatic carbocycles. The van der Waals surface area contributed by atoms with Gasteiger partial charge in [-0.3, -0.25) is 4.98 Å². The first-order valence-electron chi connectivity index (χ1n) is 7.65. The van der Waals surface area contributed by atoms with Gasteiger partial charge in [-0.2, -0.15) is 0 Å². The Bertz CT molecular complexity index is 333. The van der Waals surface area contributed by atoms with Crippen molar-refractivity contribution in [2.24, 2.45) is 0 Å². The lowest BCUT2D eigenvalue weighted by molar-refractivity contribution is 0.308. The number of hydrogen-bond acceptors (Lipinski definition) is 3. The highest BCUT2D eigenvalue weighted by molar-refractivity contribution is 5.09. The summed E-state index contributed by atoms with van der Waals surface area (Å²) >= 11 is 0. The molecule has 0 spiro atoms. The quantitative estimate of drug-likeness (QED) is 0.765. The van der Waals surface area contributed by atoms with Crippen LogP contribution in [0.3, 0.4) is 0 Å². The van der Waals surface area contributed by atoms with Gasteiger partial charge in [0, 0.05) is 25.0 Å². The van der Waals surface area contributed by atoms with Crippen LogP contribution in [0.4, 0.5) is 0 Å². The molecule has 0 atom stereocenters. The molecule has 0 aliphatic heterocycles. The standard InChI is InChI=1S/C16H27N3/c1-19(14-15-8-11-17-12-9-15)13-5-10-18-16-6-3-2-4-7-16/h8-9,11-12,16,18H,2-7,10,13-14H2,1H3. The van der Waals surface area contributed by atoms with Crippen LogP contribution in [0.15, 0.2) is 24.5 Å². The minimum absolute atomic E-state index is 0.791. The summed E-state index contributed by atoms with van der Waals surface area (Å²) in [7, 11) is 2.20. The molecule has 3 nitrogen and oxygen atoms in total. The Hall–Kier alpha value is -0.930. The Morgan fingerprint density at radius 2 is 1.95 bits per heavy atom. The molecule has 0 aromatic carbocycles. The Kier molecular flexibility index (Phi) is 6.31. The van der Waals surface area contributed by atoms with E-state index in [1.54, 1.807) is 0 Å². The van der Waals surface area contributed by atoms with Crippen molar-refractivity contribution >= 4 is 0 Å². The van der Waals surface area contributed by atoms with Crippen LogP contribution < -0.4 is 5.32 Å². The van der Waals surface area contributed by atoms with Gasteiger partial charge in [-0.15, -0.1) is 0 Å². The van der Waals surface area contributed by atoms with Gasteiger partial charge < -0.3 is 10.2 Å². The van der Waals surface area contributed by atoms with Gasteiger partial charge in [-0.25, -0.2) is 0 Å². The largest absolute Gasteiger partial charge is 0.314 e. The predicted octanol–water partition coefficient (Wildman–Crippen LogP) is 2.83. The maximum atomic E-state index is 4.05. The van der Waals surface area contributed by atoms with Gasteiger partial charge in [0.1, 0.15) is 0 Å². The Morgan fingerprint density at radius 1 is 1.21 bits per heavy atom. The van der Waals surface area contributed by atoms with E-state index in [1.165, 1.54) is 44.1 Å². The van der Waals surface area contributed by atoms with Gasteiger partial charge >= 0.3 is 0 Å². The van der Waals surface area contributed by atoms with Gasteiger partial charge in [-0.1, -0.05) is 19.3 Å². The lowest BCUT2D eigenvalue weighted by atomic mass is 9.95. The highest BCUT2D eigenvalue weighted by atomic mass is 15.1. The Balaban J connectivity index is 1.55. The summed E-state index contributed by atoms with van der Waals surface area (Å²) in [5.41, 5.74) is 1.35. The number of aromatic nitrogens is 1. The average Bonchev–Trinajstić information content (AvgIpc) is 2.46. The van der Waals surface area contributed by atoms with Gasteiger partial charge in [0.25, 0.3) is 0 Å². The Morgan fingerprint density at radius 3 is 2.68 bits per heavy atom. The molecule has 1 aromatic rings. The molecule has 1 N–H and O–H groups in total. The van der Waals surface area contributed by atoms with Crippen LogP contribution in [0.25, 0.3) is 0 Å². The average molecular weight is 261 g/mol. The lowest BCUT2D eigenvalue weighted by Gasteiger charge is -2.23. The molecule has 106 valence electrons. The van der Waals surface area contributed by atoms with Crippen LogP contribution in [0, 0.1) is 0 Å². The van der Waals surface area contributed by atoms with E-state index in [9.17, 15) is 0 Å². The monoisotopic (exact) mass is 261 g/mol. The molecule has 3 heteroatoms. The molecule has 0 saturated heterocycles. The molecule has 0 bridgehead atoms. The van der Waals surface area contributed by atoms with E-state index in [0.29, 0.717) is 0 Å². The molecule has 1 heterocycles. The van der Waals surface area contributed by atoms with Crippen molar-refractivity contribution in [1.82, 2.24) is 15.2 Å². The van der Waals surface area contributed by atoms with E-state index in [4.69, 9.17) is 0 Å². The van der Waals surface area contributed by atoms with Crippen LogP contribution >= 0.6 is 0 Å². The summed E-state index contributed by atoms with van der Waals surface area (Å²) in [4.78, 5) is 6.44. The van der Waals surface area contributed by atoms with Crippen molar-refractivity contribution in [3.05, 3.63) is 30.1 Å². The van der Waals surface area contributed by atoms with Gasteiger partial charge in [-0.05, 0) is 57.1 Å². The highest BCUT2D eigenvalue weighted by Gasteiger charge is 2.11. The van der Waals surface area contributed by atoms with Crippen molar-refractivity contribution in [2.45, 2.75) is 51.1 Å². The molecule has 1 aliphatic rings. The number of nitrogens with zero attached hydrogens (tertiary/aromatic N) is 2. The first-order valence-corrected chi connectivity index (χ1v) is 7.65. The maximum absolute atomic E-state index is 4.05. The van der Waals surface area contributed by atoms with E-state index < -0.39 is 0 Å². The third-order valence-electron chi connectivity index (χ3n) is 3.96. The first-order chi connectivity index (χ1) is 9.34. The second-order valence-electron chi connectivity index (χ2n) is 5.74. The molecule has 2 rings (SSSR count). The number of nitrogens with one attached hydrogen (secondary N) is 1. The summed E-state index contributed by atoms with van der Waals surface area (Å²) in [6.07, 6.45) is 12.0. The second-order valence-corrected chi connectivity index (χ2v) is 5.74. The summed E-state index contributed by atoms with van der Waals surface area (Å²) < 4.78 is 0. The third-order valence-corrected chi connectivity index (χ3v) is 3.96. The smallest absolute Gasteiger partial charge is 0.0271 e. The first kappa shape index (κ1) is 14.5. The van der Waals surface area contributed by atoms with Gasteiger partial charge in [0.05, 0.1) is 0 Å². The predicted molar refractivity (Wildman–Crippen MR) is 80.1 cm³/mol. The van der Waals surface area contributed by atoms with E-state index in [0.717, 1.165) is 25.7 Å². The fraction of sp³-hybridized carbons (Fsp3) is 0.688. The van der Waals surface area contributed by atoms with Gasteiger partial charge in [0.15, 0.2) is 0 Å². The lowest BCUT2D eigenvalue weighted by Crippen LogP contribution is -2.33. The molecule has 1 fully saturated rings. The minimum atomic E-state index is 0.791. The van der Waals surface area contributed by atoms with E-state index in [-0.39, 0.29) is 0 Å². The SMILES string of the molecule is CN(CCCNC1CCCCC1)Cc1ccncc1. The van der Waals surface area contributed by atoms with E-state index >= 15 is 0 Å². The zero-order chi connectivity index (χ0) is 13.3. The molecule has 1 saturated carbocycles. The molecule has 1 aromatic heterocycles. The zero-order valence-electron chi connectivity index (χ0n) is 12.1. The van der Waals surface area contributed by atoms with Crippen molar-refractivity contribution in [3.63, 3.8) is 0 Å². The van der Waals surface area contributed by atoms with Crippen molar-refractivity contribution in [3.8, 4) is 0 Å². The van der Waals surface area contributed by atoms with Crippen LogP contribution in [0.5, 0.6) is 0 Å². The normalized spacial score (nSPS) is 16.9. The summed E-state index contributed by atoms with van der Waals surface area (Å²) in [5.74, 6) is 0. The minimum Gasteiger partial charge on any atom is -0.314 e. The Labute approximate surface area is 117 Å². The molecule has 0 amide bonds. The number of rotatable bonds is 7. The zero-order valence-corrected chi connectivity index (χ0v) is 12.1. The third kappa shape index (κ3) is 5.70. The van der Waals surface area contributed by atoms with Crippen molar-refractivity contribution < 1.29 is 0 Å². The van der Waals surface area contributed by atoms with Crippen LogP contribution in [-0.4, -0.2) is 36.1 Å². The fourth-order valence-electron chi connectivity index (χ4n) is 2.84. The van der Waals surface area contributed by atoms with Gasteiger partial charge in [0.2, 0.25) is 0 Å². The highest BCUT2D eigenvalue weighted by Crippen LogP contribution is 2.17. The second kappa shape index (κ2) is 8.28.